The summed E-state index contributed by atoms with van der Waals surface area (Å²) in [6.45, 7) is 5.71. The van der Waals surface area contributed by atoms with Crippen LogP contribution in [0, 0.1) is 6.33 Å². The van der Waals surface area contributed by atoms with Gasteiger partial charge in [0.15, 0.2) is 8.07 Å². The van der Waals surface area contributed by atoms with Gasteiger partial charge in [-0.05, 0) is 115 Å². The number of hydrogen-bond acceptors (Lipinski definition) is 2. The number of nitrogens with zero attached hydrogens (tertiary/aromatic N) is 4. The smallest absolute Gasteiger partial charge is 0.269 e. The molecule has 0 saturated heterocycles. The first kappa shape index (κ1) is 30.5. The second kappa shape index (κ2) is 21.3. The van der Waals surface area contributed by atoms with Crippen LogP contribution in [0.15, 0.2) is 266 Å². The van der Waals surface area contributed by atoms with Crippen LogP contribution in [0.5, 0.6) is 11.5 Å². The average Bonchev–Trinajstić information content (AvgIpc) is 1.29. The van der Waals surface area contributed by atoms with E-state index >= 15 is 0 Å². The normalized spacial score (nSPS) is 17.9. The quantitative estimate of drug-likeness (QED) is 0.0529. The third-order valence-electron chi connectivity index (χ3n) is 15.2. The Morgan fingerprint density at radius 2 is 1.17 bits per heavy atom. The molecule has 0 radical (unpaired) electrons. The Bertz CT molecular complexity index is 5720. The molecule has 0 bridgehead atoms. The van der Waals surface area contributed by atoms with Crippen LogP contribution in [0.1, 0.15) is 104 Å². The van der Waals surface area contributed by atoms with Gasteiger partial charge in [-0.1, -0.05) is 252 Å². The van der Waals surface area contributed by atoms with Crippen LogP contribution in [-0.2, 0) is 5.41 Å². The highest BCUT2D eigenvalue weighted by atomic mass is 28.3. The van der Waals surface area contributed by atoms with Gasteiger partial charge in [-0.15, -0.1) is 0 Å². The molecule has 3 heterocycles. The molecular weight excluding hydrogens is 1010 g/mol. The van der Waals surface area contributed by atoms with E-state index in [-0.39, 0.29) is 22.4 Å². The summed E-state index contributed by atoms with van der Waals surface area (Å²) >= 11 is 0. The highest BCUT2D eigenvalue weighted by Gasteiger charge is 2.41. The van der Waals surface area contributed by atoms with Gasteiger partial charge < -0.3 is 4.74 Å². The Hall–Kier alpha value is -9.36. The monoisotopic (exact) mass is 1100 g/mol. The molecule has 14 rings (SSSR count). The van der Waals surface area contributed by atoms with Crippen molar-refractivity contribution in [3.63, 3.8) is 0 Å². The minimum absolute atomic E-state index is 0.00751. The molecule has 13 aromatic rings. The predicted octanol–water partition coefficient (Wildman–Crippen LogP) is 16.0. The third-order valence-corrected chi connectivity index (χ3v) is 19.2. The highest BCUT2D eigenvalue weighted by molar-refractivity contribution is 7.19. The molecule has 5 nitrogen and oxygen atoms in total. The van der Waals surface area contributed by atoms with E-state index in [0.29, 0.717) is 63.5 Å². The molecule has 0 amide bonds. The summed E-state index contributed by atoms with van der Waals surface area (Å²) < 4.78 is 245. The SMILES string of the molecule is [2H]c1c([2H])c([2H])c(-c2cnc(-n3c4ccccc4c4ccc(Oc5cccc(-n6[c-][n+](-c7c(-c8c([2H])c([2H])c([2H])c([Si](c9c([2H])c([2H])c([2H])c([2H])c9[2H])(c9c([2H])c([2H])c([2H])c([2H])c9[2H])c9c([2H])c([2H])c([2H])c([2H])c9[2H])c8[2H])cccc7C(C)(C)C)c7ccccc76)c5)cc43)cc2C2([2H])CCCCC2)c([2H])c1[2H]. The molecule has 6 heteroatoms. The van der Waals surface area contributed by atoms with Crippen LogP contribution < -0.4 is 30.1 Å². The number of rotatable bonds is 12. The Morgan fingerprint density at radius 1 is 0.561 bits per heavy atom. The van der Waals surface area contributed by atoms with E-state index in [1.807, 2.05) is 86.0 Å². The predicted molar refractivity (Wildman–Crippen MR) is 341 cm³/mol. The number of fused-ring (bicyclic) bond motifs is 4. The lowest BCUT2D eigenvalue weighted by molar-refractivity contribution is -0.572. The first-order valence-electron chi connectivity index (χ1n) is 39.4. The largest absolute Gasteiger partial charge is 0.458 e. The molecule has 0 aliphatic heterocycles. The molecule has 398 valence electrons. The molecular formula is C76H64N4OSi. The van der Waals surface area contributed by atoms with E-state index in [4.69, 9.17) is 28.9 Å². The van der Waals surface area contributed by atoms with Crippen molar-refractivity contribution in [1.29, 1.82) is 0 Å². The molecule has 3 aromatic heterocycles. The molecule has 1 aliphatic carbocycles. The summed E-state index contributed by atoms with van der Waals surface area (Å²) in [5.41, 5.74) is 3.19. The second-order valence-electron chi connectivity index (χ2n) is 21.1. The molecule has 1 saturated carbocycles. The van der Waals surface area contributed by atoms with Crippen molar-refractivity contribution in [2.75, 3.05) is 0 Å². The van der Waals surface area contributed by atoms with Crippen molar-refractivity contribution in [2.45, 2.75) is 64.2 Å². The average molecular weight is 1100 g/mol. The van der Waals surface area contributed by atoms with E-state index in [1.54, 1.807) is 57.7 Å². The van der Waals surface area contributed by atoms with Crippen molar-refractivity contribution < 1.29 is 43.6 Å². The van der Waals surface area contributed by atoms with Crippen LogP contribution in [0.2, 0.25) is 0 Å². The molecule has 0 unspecified atom stereocenters. The molecule has 0 atom stereocenters. The van der Waals surface area contributed by atoms with E-state index in [2.05, 4.69) is 6.33 Å². The van der Waals surface area contributed by atoms with E-state index in [0.717, 1.165) is 35.6 Å². The van der Waals surface area contributed by atoms with Gasteiger partial charge in [-0.3, -0.25) is 13.7 Å². The third kappa shape index (κ3) is 9.04. The molecule has 0 N–H and O–H groups in total. The highest BCUT2D eigenvalue weighted by Crippen LogP contribution is 2.42. The van der Waals surface area contributed by atoms with E-state index < -0.39 is 191 Å². The number of benzene rings is 10. The van der Waals surface area contributed by atoms with Crippen LogP contribution >= 0.6 is 0 Å². The van der Waals surface area contributed by atoms with Crippen molar-refractivity contribution >= 4 is 61.7 Å². The van der Waals surface area contributed by atoms with Crippen molar-refractivity contribution in [3.05, 3.63) is 284 Å². The second-order valence-corrected chi connectivity index (χ2v) is 24.6. The summed E-state index contributed by atoms with van der Waals surface area (Å²) in [5, 5.41) is -2.05. The molecule has 1 fully saturated rings. The van der Waals surface area contributed by atoms with Crippen molar-refractivity contribution in [3.8, 4) is 50.9 Å². The van der Waals surface area contributed by atoms with Gasteiger partial charge >= 0.3 is 0 Å². The Labute approximate surface area is 517 Å². The maximum Gasteiger partial charge on any atom is 0.269 e. The van der Waals surface area contributed by atoms with Crippen LogP contribution in [-0.4, -0.2) is 22.2 Å². The van der Waals surface area contributed by atoms with Gasteiger partial charge in [-0.2, -0.15) is 0 Å². The number of imidazole rings is 1. The van der Waals surface area contributed by atoms with E-state index in [9.17, 15) is 15.1 Å². The summed E-state index contributed by atoms with van der Waals surface area (Å²) in [6, 6.07) is 12.3. The zero-order valence-corrected chi connectivity index (χ0v) is 45.8. The fraction of sp³-hybridized carbons (Fsp3) is 0.132. The number of ether oxygens (including phenoxy) is 1. The Morgan fingerprint density at radius 3 is 1.88 bits per heavy atom. The Kier molecular flexibility index (Phi) is 7.90. The van der Waals surface area contributed by atoms with Gasteiger partial charge in [0.25, 0.3) is 6.33 Å². The summed E-state index contributed by atoms with van der Waals surface area (Å²) in [5.74, 6) is 0.0109. The first-order valence-corrected chi connectivity index (χ1v) is 28.9. The zero-order valence-electron chi connectivity index (χ0n) is 69.8. The van der Waals surface area contributed by atoms with Gasteiger partial charge in [0, 0.05) is 30.0 Å². The van der Waals surface area contributed by atoms with Gasteiger partial charge in [0.05, 0.1) is 66.3 Å². The summed E-state index contributed by atoms with van der Waals surface area (Å²) in [7, 11) is -6.21. The first-order chi connectivity index (χ1) is 50.6. The maximum absolute atomic E-state index is 10.8. The number of pyridine rings is 1. The van der Waals surface area contributed by atoms with Crippen LogP contribution in [0.25, 0.3) is 72.3 Å². The summed E-state index contributed by atoms with van der Waals surface area (Å²) in [4.78, 5) is 4.97. The topological polar surface area (TPSA) is 35.9 Å². The van der Waals surface area contributed by atoms with Crippen molar-refractivity contribution in [1.82, 2.24) is 14.1 Å². The standard InChI is InChI=1S/C76H64N4OSi/c1-76(2,3)69-42-25-41-64(56-30-23-39-63(48-56)82(60-33-13-6-14-34-60,61-35-15-7-16-36-61)62-37-17-8-18-38-62)75(69)79-53-78(71-44-21-22-45-72(71)79)57-31-24-32-58(49-57)81-59-46-47-66-65-40-19-20-43-70(65)80(73(66)50-59)74-51-67(54-26-9-4-10-27-54)68(52-77-74)55-28-11-5-12-29-55/h5-8,11-25,28-52,54H,4,9-10,26-27H2,1-3H3/i5D,6D,7D,8D,11D,12D,13D,14D,15D,16D,17D,18D,23D,28D,29D,30D,33D,34D,35D,36D,37D,38D,39D,48D,54D. The van der Waals surface area contributed by atoms with Crippen LogP contribution in [0.4, 0.5) is 0 Å². The number of hydrogen-bond donors (Lipinski definition) is 0. The fourth-order valence-electron chi connectivity index (χ4n) is 11.5. The minimum atomic E-state index is -6.21. The molecule has 82 heavy (non-hydrogen) atoms. The lowest BCUT2D eigenvalue weighted by Crippen LogP contribution is -2.74. The molecule has 0 spiro atoms. The van der Waals surface area contributed by atoms with Crippen molar-refractivity contribution in [2.24, 2.45) is 0 Å². The number of para-hydroxylation sites is 4. The number of aromatic nitrogens is 4. The molecule has 1 aliphatic rings. The lowest BCUT2D eigenvalue weighted by Gasteiger charge is -2.35. The zero-order chi connectivity index (χ0) is 77.0. The minimum Gasteiger partial charge on any atom is -0.458 e. The molecule has 10 aromatic carbocycles. The van der Waals surface area contributed by atoms with Gasteiger partial charge in [0.2, 0.25) is 0 Å². The fourth-order valence-corrected chi connectivity index (χ4v) is 15.1. The van der Waals surface area contributed by atoms with E-state index in [1.165, 1.54) is 12.3 Å². The van der Waals surface area contributed by atoms with Gasteiger partial charge in [0.1, 0.15) is 17.3 Å². The van der Waals surface area contributed by atoms with Gasteiger partial charge in [-0.25, -0.2) is 4.98 Å². The Balaban J connectivity index is 0.970. The lowest BCUT2D eigenvalue weighted by atomic mass is 9.81. The van der Waals surface area contributed by atoms with Crippen LogP contribution in [0.3, 0.4) is 0 Å². The summed E-state index contributed by atoms with van der Waals surface area (Å²) in [6.07, 6.45) is 8.43. The maximum atomic E-state index is 10.8.